The van der Waals surface area contributed by atoms with E-state index in [2.05, 4.69) is 4.98 Å². The number of aryl methyl sites for hydroxylation is 1. The minimum Gasteiger partial charge on any atom is -0.486 e. The first kappa shape index (κ1) is 24.5. The van der Waals surface area contributed by atoms with Gasteiger partial charge in [-0.1, -0.05) is 18.2 Å². The van der Waals surface area contributed by atoms with E-state index in [1.165, 1.54) is 0 Å². The lowest BCUT2D eigenvalue weighted by molar-refractivity contribution is -0.138. The summed E-state index contributed by atoms with van der Waals surface area (Å²) in [4.78, 5) is 14.8. The molecule has 1 aliphatic rings. The van der Waals surface area contributed by atoms with Gasteiger partial charge in [-0.3, -0.25) is 14.1 Å². The van der Waals surface area contributed by atoms with Crippen molar-refractivity contribution in [3.8, 4) is 16.9 Å². The highest BCUT2D eigenvalue weighted by atomic mass is 32.2. The van der Waals surface area contributed by atoms with E-state index in [1.54, 1.807) is 37.4 Å². The van der Waals surface area contributed by atoms with Gasteiger partial charge in [-0.05, 0) is 55.3 Å². The van der Waals surface area contributed by atoms with Gasteiger partial charge >= 0.3 is 12.1 Å². The Morgan fingerprint density at radius 3 is 2.63 bits per heavy atom. The number of aromatic nitrogens is 1. The number of carboxylic acid groups (broad SMARTS) is 1. The van der Waals surface area contributed by atoms with Crippen LogP contribution in [0.1, 0.15) is 24.1 Å². The topological polar surface area (TPSA) is 96.8 Å². The standard InChI is InChI=1S/C24H21F3N2O5S/c1-15-20(6-3-11-28-15)16-7-9-22-21(12-16)29(14-18(34-22)8-10-23(30)31)35(32,33)19-5-2-4-17(13-19)24(25,26)27/h2-7,9,11-13,18H,8,10,14H2,1H3,(H,30,31)/t18-/m0/s1. The second-order valence-electron chi connectivity index (χ2n) is 8.05. The number of pyridine rings is 1. The summed E-state index contributed by atoms with van der Waals surface area (Å²) in [6, 6.07) is 11.9. The van der Waals surface area contributed by atoms with E-state index in [0.29, 0.717) is 17.3 Å². The molecular weight excluding hydrogens is 485 g/mol. The van der Waals surface area contributed by atoms with Crippen LogP contribution in [0.25, 0.3) is 11.1 Å². The molecule has 7 nitrogen and oxygen atoms in total. The number of hydrogen-bond acceptors (Lipinski definition) is 5. The molecule has 0 unspecified atom stereocenters. The fraction of sp³-hybridized carbons (Fsp3) is 0.250. The maximum atomic E-state index is 13.6. The lowest BCUT2D eigenvalue weighted by Gasteiger charge is -2.36. The number of rotatable bonds is 6. The number of carboxylic acids is 1. The number of halogens is 3. The van der Waals surface area contributed by atoms with Crippen LogP contribution < -0.4 is 9.04 Å². The van der Waals surface area contributed by atoms with Crippen LogP contribution in [0.15, 0.2) is 65.7 Å². The predicted molar refractivity (Wildman–Crippen MR) is 122 cm³/mol. The summed E-state index contributed by atoms with van der Waals surface area (Å²) in [6.07, 6.45) is -4.14. The summed E-state index contributed by atoms with van der Waals surface area (Å²) in [5, 5.41) is 9.04. The average molecular weight is 507 g/mol. The highest BCUT2D eigenvalue weighted by Crippen LogP contribution is 2.41. The molecule has 1 aliphatic heterocycles. The Balaban J connectivity index is 1.82. The molecule has 0 saturated heterocycles. The molecule has 0 fully saturated rings. The van der Waals surface area contributed by atoms with Crippen LogP contribution in [0.4, 0.5) is 18.9 Å². The van der Waals surface area contributed by atoms with Gasteiger partial charge < -0.3 is 9.84 Å². The molecule has 11 heteroatoms. The fourth-order valence-electron chi connectivity index (χ4n) is 3.89. The zero-order chi connectivity index (χ0) is 25.4. The van der Waals surface area contributed by atoms with E-state index in [-0.39, 0.29) is 30.8 Å². The Bertz CT molecular complexity index is 1380. The van der Waals surface area contributed by atoms with E-state index in [1.807, 2.05) is 6.07 Å². The SMILES string of the molecule is Cc1ncccc1-c1ccc2c(c1)N(S(=O)(=O)c1cccc(C(F)(F)F)c1)C[C@H](CCC(=O)O)O2. The van der Waals surface area contributed by atoms with Gasteiger partial charge in [0.25, 0.3) is 10.0 Å². The first-order valence-corrected chi connectivity index (χ1v) is 12.1. The Morgan fingerprint density at radius 2 is 1.94 bits per heavy atom. The number of alkyl halides is 3. The van der Waals surface area contributed by atoms with E-state index in [4.69, 9.17) is 9.84 Å². The quantitative estimate of drug-likeness (QED) is 0.511. The van der Waals surface area contributed by atoms with Gasteiger partial charge in [0, 0.05) is 23.9 Å². The molecule has 184 valence electrons. The maximum absolute atomic E-state index is 13.6. The number of aliphatic carboxylic acids is 1. The molecule has 2 heterocycles. The number of sulfonamides is 1. The summed E-state index contributed by atoms with van der Waals surface area (Å²) >= 11 is 0. The largest absolute Gasteiger partial charge is 0.486 e. The molecule has 0 radical (unpaired) electrons. The Morgan fingerprint density at radius 1 is 1.17 bits per heavy atom. The third-order valence-corrected chi connectivity index (χ3v) is 7.41. The predicted octanol–water partition coefficient (Wildman–Crippen LogP) is 4.90. The molecule has 1 atom stereocenters. The molecule has 35 heavy (non-hydrogen) atoms. The van der Waals surface area contributed by atoms with E-state index < -0.39 is 38.7 Å². The number of benzene rings is 2. The lowest BCUT2D eigenvalue weighted by atomic mass is 10.0. The van der Waals surface area contributed by atoms with Crippen molar-refractivity contribution in [1.29, 1.82) is 0 Å². The fourth-order valence-corrected chi connectivity index (χ4v) is 5.44. The Kier molecular flexibility index (Phi) is 6.46. The van der Waals surface area contributed by atoms with Gasteiger partial charge in [-0.2, -0.15) is 13.2 Å². The third-order valence-electron chi connectivity index (χ3n) is 5.64. The van der Waals surface area contributed by atoms with Crippen LogP contribution in [0.5, 0.6) is 5.75 Å². The summed E-state index contributed by atoms with van der Waals surface area (Å²) in [5.41, 5.74) is 1.16. The van der Waals surface area contributed by atoms with Crippen LogP contribution in [0.2, 0.25) is 0 Å². The molecule has 1 N–H and O–H groups in total. The number of hydrogen-bond donors (Lipinski definition) is 1. The molecule has 0 saturated carbocycles. The normalized spacial score (nSPS) is 15.9. The van der Waals surface area contributed by atoms with E-state index >= 15 is 0 Å². The third kappa shape index (κ3) is 5.09. The van der Waals surface area contributed by atoms with Crippen molar-refractivity contribution in [3.63, 3.8) is 0 Å². The number of nitrogens with zero attached hydrogens (tertiary/aromatic N) is 2. The molecule has 0 spiro atoms. The molecular formula is C24H21F3N2O5S. The van der Waals surface area contributed by atoms with Crippen LogP contribution in [-0.2, 0) is 21.0 Å². The van der Waals surface area contributed by atoms with Crippen molar-refractivity contribution < 1.29 is 36.2 Å². The van der Waals surface area contributed by atoms with Crippen LogP contribution in [0.3, 0.4) is 0 Å². The molecule has 1 aromatic heterocycles. The van der Waals surface area contributed by atoms with Crippen molar-refractivity contribution in [2.45, 2.75) is 36.9 Å². The Hall–Kier alpha value is -3.60. The number of anilines is 1. The summed E-state index contributed by atoms with van der Waals surface area (Å²) < 4.78 is 73.9. The zero-order valence-electron chi connectivity index (χ0n) is 18.5. The number of carbonyl (C=O) groups is 1. The average Bonchev–Trinajstić information content (AvgIpc) is 2.81. The summed E-state index contributed by atoms with van der Waals surface area (Å²) in [7, 11) is -4.45. The minimum atomic E-state index is -4.72. The van der Waals surface area contributed by atoms with Gasteiger partial charge in [0.05, 0.1) is 22.7 Å². The van der Waals surface area contributed by atoms with Crippen LogP contribution >= 0.6 is 0 Å². The molecule has 0 amide bonds. The monoisotopic (exact) mass is 506 g/mol. The minimum absolute atomic E-state index is 0.0207. The number of fused-ring (bicyclic) bond motifs is 1. The molecule has 4 rings (SSSR count). The summed E-state index contributed by atoms with van der Waals surface area (Å²) in [5.74, 6) is -0.887. The smallest absolute Gasteiger partial charge is 0.416 e. The van der Waals surface area contributed by atoms with Crippen LogP contribution in [0, 0.1) is 6.92 Å². The number of ether oxygens (including phenoxy) is 1. The summed E-state index contributed by atoms with van der Waals surface area (Å²) in [6.45, 7) is 1.54. The van der Waals surface area contributed by atoms with E-state index in [9.17, 15) is 26.4 Å². The van der Waals surface area contributed by atoms with Gasteiger partial charge in [0.2, 0.25) is 0 Å². The first-order chi connectivity index (χ1) is 16.5. The maximum Gasteiger partial charge on any atom is 0.416 e. The van der Waals surface area contributed by atoms with Gasteiger partial charge in [-0.15, -0.1) is 0 Å². The molecule has 0 bridgehead atoms. The van der Waals surface area contributed by atoms with Crippen molar-refractivity contribution in [2.75, 3.05) is 10.8 Å². The van der Waals surface area contributed by atoms with E-state index in [0.717, 1.165) is 28.1 Å². The second kappa shape index (κ2) is 9.21. The van der Waals surface area contributed by atoms with Gasteiger partial charge in [0.1, 0.15) is 11.9 Å². The van der Waals surface area contributed by atoms with Gasteiger partial charge in [-0.25, -0.2) is 8.42 Å². The van der Waals surface area contributed by atoms with Gasteiger partial charge in [0.15, 0.2) is 0 Å². The lowest BCUT2D eigenvalue weighted by Crippen LogP contribution is -2.43. The second-order valence-corrected chi connectivity index (χ2v) is 9.92. The highest BCUT2D eigenvalue weighted by Gasteiger charge is 2.37. The van der Waals surface area contributed by atoms with Crippen molar-refractivity contribution in [1.82, 2.24) is 4.98 Å². The first-order valence-electron chi connectivity index (χ1n) is 10.6. The van der Waals surface area contributed by atoms with Crippen LogP contribution in [-0.4, -0.2) is 37.1 Å². The molecule has 0 aliphatic carbocycles. The highest BCUT2D eigenvalue weighted by molar-refractivity contribution is 7.92. The molecule has 3 aromatic rings. The van der Waals surface area contributed by atoms with Crippen molar-refractivity contribution in [2.24, 2.45) is 0 Å². The van der Waals surface area contributed by atoms with Crippen molar-refractivity contribution >= 4 is 21.7 Å². The molecule has 2 aromatic carbocycles. The Labute approximate surface area is 199 Å². The zero-order valence-corrected chi connectivity index (χ0v) is 19.3. The van der Waals surface area contributed by atoms with Crippen molar-refractivity contribution in [3.05, 3.63) is 72.1 Å².